The predicted molar refractivity (Wildman–Crippen MR) is 134 cm³/mol. The van der Waals surface area contributed by atoms with Gasteiger partial charge in [-0.15, -0.1) is 0 Å². The Kier molecular flexibility index (Phi) is 4.47. The quantitative estimate of drug-likeness (QED) is 0.261. The molecule has 33 heavy (non-hydrogen) atoms. The lowest BCUT2D eigenvalue weighted by Gasteiger charge is -2.16. The Morgan fingerprint density at radius 2 is 1.76 bits per heavy atom. The fourth-order valence-corrected chi connectivity index (χ4v) is 4.70. The Morgan fingerprint density at radius 1 is 0.970 bits per heavy atom. The molecule has 0 amide bonds. The average Bonchev–Trinajstić information content (AvgIpc) is 3.41. The lowest BCUT2D eigenvalue weighted by Crippen LogP contribution is -2.10. The summed E-state index contributed by atoms with van der Waals surface area (Å²) in [5.41, 5.74) is 6.32. The summed E-state index contributed by atoms with van der Waals surface area (Å²) in [5, 5.41) is 10.1. The second-order valence-corrected chi connectivity index (χ2v) is 8.31. The number of fused-ring (bicyclic) bond motifs is 5. The van der Waals surface area contributed by atoms with Crippen LogP contribution in [-0.4, -0.2) is 29.6 Å². The number of para-hydroxylation sites is 1. The van der Waals surface area contributed by atoms with Crippen LogP contribution in [0.15, 0.2) is 65.8 Å². The van der Waals surface area contributed by atoms with Gasteiger partial charge in [0.25, 0.3) is 0 Å². The van der Waals surface area contributed by atoms with Crippen LogP contribution in [0.2, 0.25) is 0 Å². The SMILES string of the molecule is CCn1c2ccccc2c2cc(/C=N\N(C)c3cc(C)nc4cc5c(cc34)OCO5)ccc21. The van der Waals surface area contributed by atoms with Gasteiger partial charge >= 0.3 is 0 Å². The highest BCUT2D eigenvalue weighted by Crippen LogP contribution is 2.39. The molecule has 0 saturated carbocycles. The van der Waals surface area contributed by atoms with Crippen molar-refractivity contribution in [2.75, 3.05) is 18.8 Å². The molecule has 2 aromatic heterocycles. The summed E-state index contributed by atoms with van der Waals surface area (Å²) in [5.74, 6) is 1.47. The molecular weight excluding hydrogens is 412 g/mol. The van der Waals surface area contributed by atoms with Crippen molar-refractivity contribution in [2.24, 2.45) is 5.10 Å². The normalized spacial score (nSPS) is 13.1. The molecule has 0 aliphatic carbocycles. The summed E-state index contributed by atoms with van der Waals surface area (Å²) in [4.78, 5) is 4.67. The average molecular weight is 437 g/mol. The second-order valence-electron chi connectivity index (χ2n) is 8.31. The van der Waals surface area contributed by atoms with E-state index in [9.17, 15) is 0 Å². The summed E-state index contributed by atoms with van der Waals surface area (Å²) in [7, 11) is 1.96. The van der Waals surface area contributed by atoms with Gasteiger partial charge < -0.3 is 14.0 Å². The summed E-state index contributed by atoms with van der Waals surface area (Å²) in [6.07, 6.45) is 1.91. The number of rotatable bonds is 4. The lowest BCUT2D eigenvalue weighted by molar-refractivity contribution is 0.174. The van der Waals surface area contributed by atoms with Gasteiger partial charge in [-0.1, -0.05) is 24.3 Å². The number of hydrogen-bond acceptors (Lipinski definition) is 5. The largest absolute Gasteiger partial charge is 0.454 e. The Hall–Kier alpha value is -4.06. The maximum Gasteiger partial charge on any atom is 0.231 e. The van der Waals surface area contributed by atoms with Crippen molar-refractivity contribution in [3.63, 3.8) is 0 Å². The molecule has 0 radical (unpaired) electrons. The molecule has 6 heteroatoms. The highest BCUT2D eigenvalue weighted by Gasteiger charge is 2.18. The second kappa shape index (κ2) is 7.52. The van der Waals surface area contributed by atoms with E-state index in [1.54, 1.807) is 0 Å². The van der Waals surface area contributed by atoms with E-state index in [2.05, 4.69) is 58.9 Å². The summed E-state index contributed by atoms with van der Waals surface area (Å²) in [6.45, 7) is 5.35. The molecule has 164 valence electrons. The molecule has 6 rings (SSSR count). The molecule has 0 spiro atoms. The first-order chi connectivity index (χ1) is 16.1. The van der Waals surface area contributed by atoms with Crippen LogP contribution in [0.3, 0.4) is 0 Å². The maximum atomic E-state index is 5.58. The number of anilines is 1. The Morgan fingerprint density at radius 3 is 2.61 bits per heavy atom. The topological polar surface area (TPSA) is 51.9 Å². The summed E-state index contributed by atoms with van der Waals surface area (Å²) in [6, 6.07) is 21.0. The zero-order chi connectivity index (χ0) is 22.5. The van der Waals surface area contributed by atoms with Gasteiger partial charge in [-0.2, -0.15) is 5.10 Å². The van der Waals surface area contributed by atoms with E-state index in [1.165, 1.54) is 21.8 Å². The number of hydrazone groups is 1. The van der Waals surface area contributed by atoms with Crippen LogP contribution in [0.5, 0.6) is 11.5 Å². The molecule has 1 aliphatic heterocycles. The van der Waals surface area contributed by atoms with Gasteiger partial charge in [0.05, 0.1) is 17.4 Å². The number of benzene rings is 3. The van der Waals surface area contributed by atoms with Crippen molar-refractivity contribution in [2.45, 2.75) is 20.4 Å². The van der Waals surface area contributed by atoms with Crippen LogP contribution >= 0.6 is 0 Å². The minimum absolute atomic E-state index is 0.241. The lowest BCUT2D eigenvalue weighted by atomic mass is 10.1. The Balaban J connectivity index is 1.40. The number of pyridine rings is 1. The Labute approximate surface area is 191 Å². The smallest absolute Gasteiger partial charge is 0.231 e. The number of aryl methyl sites for hydroxylation is 2. The van der Waals surface area contributed by atoms with E-state index >= 15 is 0 Å². The predicted octanol–water partition coefficient (Wildman–Crippen LogP) is 5.87. The minimum Gasteiger partial charge on any atom is -0.454 e. The first kappa shape index (κ1) is 19.6. The number of nitrogens with zero attached hydrogens (tertiary/aromatic N) is 4. The fourth-order valence-electron chi connectivity index (χ4n) is 4.70. The molecule has 6 nitrogen and oxygen atoms in total. The first-order valence-electron chi connectivity index (χ1n) is 11.1. The Bertz CT molecular complexity index is 1570. The van der Waals surface area contributed by atoms with Crippen molar-refractivity contribution in [3.05, 3.63) is 71.9 Å². The molecule has 0 fully saturated rings. The molecule has 3 aromatic carbocycles. The third-order valence-corrected chi connectivity index (χ3v) is 6.25. The van der Waals surface area contributed by atoms with E-state index in [0.29, 0.717) is 0 Å². The molecule has 0 N–H and O–H groups in total. The van der Waals surface area contributed by atoms with E-state index < -0.39 is 0 Å². The number of aromatic nitrogens is 2. The number of hydrogen-bond donors (Lipinski definition) is 0. The van der Waals surface area contributed by atoms with Crippen LogP contribution < -0.4 is 14.5 Å². The van der Waals surface area contributed by atoms with Gasteiger partial charge in [0, 0.05) is 52.5 Å². The molecule has 5 aromatic rings. The van der Waals surface area contributed by atoms with Gasteiger partial charge in [0.2, 0.25) is 6.79 Å². The van der Waals surface area contributed by atoms with Gasteiger partial charge in [-0.05, 0) is 49.7 Å². The molecular formula is C27H24N4O2. The highest BCUT2D eigenvalue weighted by molar-refractivity contribution is 6.09. The van der Waals surface area contributed by atoms with Crippen molar-refractivity contribution in [1.82, 2.24) is 9.55 Å². The number of ether oxygens (including phenoxy) is 2. The fraction of sp³-hybridized carbons (Fsp3) is 0.185. The van der Waals surface area contributed by atoms with Crippen LogP contribution in [-0.2, 0) is 6.54 Å². The molecule has 3 heterocycles. The minimum atomic E-state index is 0.241. The molecule has 0 saturated heterocycles. The van der Waals surface area contributed by atoms with E-state index in [1.807, 2.05) is 43.4 Å². The van der Waals surface area contributed by atoms with E-state index in [0.717, 1.165) is 45.9 Å². The van der Waals surface area contributed by atoms with E-state index in [4.69, 9.17) is 14.6 Å². The molecule has 0 atom stereocenters. The van der Waals surface area contributed by atoms with Crippen LogP contribution in [0.25, 0.3) is 32.7 Å². The van der Waals surface area contributed by atoms with Crippen LogP contribution in [0, 0.1) is 6.92 Å². The molecule has 0 unspecified atom stereocenters. The standard InChI is InChI=1S/C27H24N4O2/c1-4-31-23-8-6-5-7-19(23)20-12-18(9-10-24(20)31)15-28-30(3)25-11-17(2)29-22-14-27-26(13-21(22)25)32-16-33-27/h5-15H,4,16H2,1-3H3/b28-15-. The van der Waals surface area contributed by atoms with Crippen molar-refractivity contribution in [1.29, 1.82) is 0 Å². The zero-order valence-corrected chi connectivity index (χ0v) is 18.9. The van der Waals surface area contributed by atoms with Crippen molar-refractivity contribution >= 4 is 44.6 Å². The van der Waals surface area contributed by atoms with Crippen molar-refractivity contribution in [3.8, 4) is 11.5 Å². The van der Waals surface area contributed by atoms with Crippen LogP contribution in [0.4, 0.5) is 5.69 Å². The maximum absolute atomic E-state index is 5.58. The first-order valence-corrected chi connectivity index (χ1v) is 11.1. The van der Waals surface area contributed by atoms with Gasteiger partial charge in [0.1, 0.15) is 0 Å². The monoisotopic (exact) mass is 436 g/mol. The van der Waals surface area contributed by atoms with Crippen molar-refractivity contribution < 1.29 is 9.47 Å². The molecule has 1 aliphatic rings. The zero-order valence-electron chi connectivity index (χ0n) is 18.9. The summed E-state index contributed by atoms with van der Waals surface area (Å²) < 4.78 is 13.5. The highest BCUT2D eigenvalue weighted by atomic mass is 16.7. The van der Waals surface area contributed by atoms with Gasteiger partial charge in [0.15, 0.2) is 11.5 Å². The molecule has 0 bridgehead atoms. The third kappa shape index (κ3) is 3.18. The van der Waals surface area contributed by atoms with Crippen LogP contribution in [0.1, 0.15) is 18.2 Å². The summed E-state index contributed by atoms with van der Waals surface area (Å²) >= 11 is 0. The van der Waals surface area contributed by atoms with Gasteiger partial charge in [-0.3, -0.25) is 9.99 Å². The third-order valence-electron chi connectivity index (χ3n) is 6.25. The van der Waals surface area contributed by atoms with E-state index in [-0.39, 0.29) is 6.79 Å². The van der Waals surface area contributed by atoms with Gasteiger partial charge in [-0.25, -0.2) is 0 Å².